The summed E-state index contributed by atoms with van der Waals surface area (Å²) in [4.78, 5) is 15.5. The minimum Gasteiger partial charge on any atom is -0.378 e. The van der Waals surface area contributed by atoms with Gasteiger partial charge in [0.05, 0.1) is 6.10 Å². The highest BCUT2D eigenvalue weighted by Crippen LogP contribution is 2.30. The van der Waals surface area contributed by atoms with Gasteiger partial charge in [0.2, 0.25) is 0 Å². The van der Waals surface area contributed by atoms with Gasteiger partial charge in [-0.2, -0.15) is 5.10 Å². The van der Waals surface area contributed by atoms with Crippen molar-refractivity contribution in [3.8, 4) is 0 Å². The fourth-order valence-electron chi connectivity index (χ4n) is 3.92. The van der Waals surface area contributed by atoms with Crippen LogP contribution in [-0.4, -0.2) is 59.5 Å². The Morgan fingerprint density at radius 2 is 2.12 bits per heavy atom. The average Bonchev–Trinajstić information content (AvgIpc) is 3.07. The maximum absolute atomic E-state index is 13.4. The summed E-state index contributed by atoms with van der Waals surface area (Å²) in [6, 6.07) is 1.91. The van der Waals surface area contributed by atoms with Gasteiger partial charge in [-0.3, -0.25) is 9.48 Å². The van der Waals surface area contributed by atoms with Crippen LogP contribution in [-0.2, 0) is 15.1 Å². The second-order valence-corrected chi connectivity index (χ2v) is 6.95. The van der Waals surface area contributed by atoms with Gasteiger partial charge in [0.1, 0.15) is 5.54 Å². The number of nitrogens with one attached hydrogen (secondary N) is 1. The molecule has 2 fully saturated rings. The van der Waals surface area contributed by atoms with Gasteiger partial charge in [-0.05, 0) is 57.7 Å². The number of ether oxygens (including phenoxy) is 1. The standard InChI is InChI=1S/C18H30N4O2.ClH/c1-2-15-24-16-5-3-12-21(14-6-16)17(23)18(7-10-19-11-8-18)22-13-4-9-20-22;/h4,9,13,16,19H,2-3,5-8,10-12,14-15H2,1H3;1H. The van der Waals surface area contributed by atoms with E-state index in [-0.39, 0.29) is 18.3 Å². The summed E-state index contributed by atoms with van der Waals surface area (Å²) in [7, 11) is 0. The summed E-state index contributed by atoms with van der Waals surface area (Å²) in [6.45, 7) is 6.31. The topological polar surface area (TPSA) is 59.4 Å². The third-order valence-electron chi connectivity index (χ3n) is 5.29. The SMILES string of the molecule is CCCOC1CCCN(C(=O)C2(n3cccn3)CCNCC2)CC1.Cl. The van der Waals surface area contributed by atoms with E-state index in [9.17, 15) is 4.79 Å². The lowest BCUT2D eigenvalue weighted by atomic mass is 9.86. The fraction of sp³-hybridized carbons (Fsp3) is 0.778. The van der Waals surface area contributed by atoms with Crippen molar-refractivity contribution in [1.29, 1.82) is 0 Å². The van der Waals surface area contributed by atoms with E-state index in [4.69, 9.17) is 4.74 Å². The van der Waals surface area contributed by atoms with Gasteiger partial charge in [0.25, 0.3) is 5.91 Å². The predicted octanol–water partition coefficient (Wildman–Crippen LogP) is 2.19. The summed E-state index contributed by atoms with van der Waals surface area (Å²) >= 11 is 0. The molecule has 6 nitrogen and oxygen atoms in total. The molecule has 0 radical (unpaired) electrons. The fourth-order valence-corrected chi connectivity index (χ4v) is 3.92. The summed E-state index contributed by atoms with van der Waals surface area (Å²) < 4.78 is 7.81. The number of likely N-dealkylation sites (tertiary alicyclic amines) is 1. The number of nitrogens with zero attached hydrogens (tertiary/aromatic N) is 3. The predicted molar refractivity (Wildman–Crippen MR) is 100 cm³/mol. The first-order valence-electron chi connectivity index (χ1n) is 9.38. The van der Waals surface area contributed by atoms with Crippen molar-refractivity contribution in [1.82, 2.24) is 20.0 Å². The van der Waals surface area contributed by atoms with E-state index < -0.39 is 5.54 Å². The molecule has 142 valence electrons. The number of amides is 1. The Morgan fingerprint density at radius 1 is 1.32 bits per heavy atom. The van der Waals surface area contributed by atoms with Crippen LogP contribution in [0.15, 0.2) is 18.5 Å². The number of piperidine rings is 1. The van der Waals surface area contributed by atoms with Crippen LogP contribution in [0.1, 0.15) is 45.4 Å². The zero-order chi connectivity index (χ0) is 16.8. The van der Waals surface area contributed by atoms with Crippen LogP contribution in [0, 0.1) is 0 Å². The number of hydrogen-bond donors (Lipinski definition) is 1. The summed E-state index contributed by atoms with van der Waals surface area (Å²) in [6.07, 6.45) is 9.69. The van der Waals surface area contributed by atoms with E-state index >= 15 is 0 Å². The lowest BCUT2D eigenvalue weighted by molar-refractivity contribution is -0.143. The molecule has 3 heterocycles. The Kier molecular flexibility index (Phi) is 7.72. The maximum atomic E-state index is 13.4. The van der Waals surface area contributed by atoms with Crippen LogP contribution in [0.3, 0.4) is 0 Å². The molecular weight excluding hydrogens is 340 g/mol. The molecule has 2 aliphatic rings. The van der Waals surface area contributed by atoms with E-state index in [0.717, 1.165) is 71.3 Å². The Bertz CT molecular complexity index is 517. The molecule has 0 spiro atoms. The van der Waals surface area contributed by atoms with E-state index in [2.05, 4.69) is 22.2 Å². The monoisotopic (exact) mass is 370 g/mol. The molecule has 0 bridgehead atoms. The Balaban J connectivity index is 0.00000225. The Labute approximate surface area is 156 Å². The van der Waals surface area contributed by atoms with Crippen molar-refractivity contribution in [3.63, 3.8) is 0 Å². The highest BCUT2D eigenvalue weighted by Gasteiger charge is 2.44. The molecule has 1 atom stereocenters. The lowest BCUT2D eigenvalue weighted by Gasteiger charge is -2.40. The van der Waals surface area contributed by atoms with Crippen molar-refractivity contribution in [2.75, 3.05) is 32.8 Å². The molecule has 3 rings (SSSR count). The Morgan fingerprint density at radius 3 is 2.80 bits per heavy atom. The molecule has 1 amide bonds. The molecule has 2 aliphatic heterocycles. The smallest absolute Gasteiger partial charge is 0.250 e. The molecular formula is C18H31ClN4O2. The van der Waals surface area contributed by atoms with Gasteiger partial charge in [-0.25, -0.2) is 0 Å². The van der Waals surface area contributed by atoms with E-state index in [0.29, 0.717) is 6.10 Å². The number of aromatic nitrogens is 2. The molecule has 1 N–H and O–H groups in total. The van der Waals surface area contributed by atoms with Gasteiger partial charge < -0.3 is 15.0 Å². The van der Waals surface area contributed by atoms with Crippen LogP contribution >= 0.6 is 12.4 Å². The molecule has 0 saturated carbocycles. The van der Waals surface area contributed by atoms with Gasteiger partial charge in [0, 0.05) is 32.1 Å². The minimum absolute atomic E-state index is 0. The summed E-state index contributed by atoms with van der Waals surface area (Å²) in [5.41, 5.74) is -0.515. The zero-order valence-corrected chi connectivity index (χ0v) is 16.0. The highest BCUT2D eigenvalue weighted by atomic mass is 35.5. The quantitative estimate of drug-likeness (QED) is 0.863. The molecule has 0 aliphatic carbocycles. The number of hydrogen-bond acceptors (Lipinski definition) is 4. The average molecular weight is 371 g/mol. The normalized spacial score (nSPS) is 23.6. The van der Waals surface area contributed by atoms with Crippen molar-refractivity contribution >= 4 is 18.3 Å². The second kappa shape index (κ2) is 9.55. The third-order valence-corrected chi connectivity index (χ3v) is 5.29. The first-order valence-corrected chi connectivity index (χ1v) is 9.38. The van der Waals surface area contributed by atoms with Crippen LogP contribution in [0.4, 0.5) is 0 Å². The van der Waals surface area contributed by atoms with Crippen molar-refractivity contribution in [2.24, 2.45) is 0 Å². The van der Waals surface area contributed by atoms with Crippen LogP contribution in [0.25, 0.3) is 0 Å². The molecule has 7 heteroatoms. The zero-order valence-electron chi connectivity index (χ0n) is 15.2. The number of rotatable bonds is 5. The first-order chi connectivity index (χ1) is 11.8. The minimum atomic E-state index is -0.515. The lowest BCUT2D eigenvalue weighted by Crippen LogP contribution is -2.56. The van der Waals surface area contributed by atoms with E-state index in [1.54, 1.807) is 6.20 Å². The molecule has 1 unspecified atom stereocenters. The summed E-state index contributed by atoms with van der Waals surface area (Å²) in [5, 5.41) is 7.79. The second-order valence-electron chi connectivity index (χ2n) is 6.95. The molecule has 1 aromatic rings. The molecule has 1 aromatic heterocycles. The summed E-state index contributed by atoms with van der Waals surface area (Å²) in [5.74, 6) is 0.240. The van der Waals surface area contributed by atoms with Crippen molar-refractivity contribution < 1.29 is 9.53 Å². The van der Waals surface area contributed by atoms with Gasteiger partial charge in [-0.15, -0.1) is 12.4 Å². The molecule has 0 aromatic carbocycles. The first kappa shape index (κ1) is 20.2. The van der Waals surface area contributed by atoms with Gasteiger partial charge in [0.15, 0.2) is 0 Å². The van der Waals surface area contributed by atoms with Crippen LogP contribution < -0.4 is 5.32 Å². The van der Waals surface area contributed by atoms with E-state index in [1.165, 1.54) is 0 Å². The van der Waals surface area contributed by atoms with Crippen molar-refractivity contribution in [2.45, 2.75) is 57.1 Å². The van der Waals surface area contributed by atoms with Crippen molar-refractivity contribution in [3.05, 3.63) is 18.5 Å². The highest BCUT2D eigenvalue weighted by molar-refractivity contribution is 5.85. The number of carbonyl (C=O) groups excluding carboxylic acids is 1. The molecule has 2 saturated heterocycles. The number of halogens is 1. The van der Waals surface area contributed by atoms with Crippen LogP contribution in [0.2, 0.25) is 0 Å². The van der Waals surface area contributed by atoms with Gasteiger partial charge >= 0.3 is 0 Å². The molecule has 25 heavy (non-hydrogen) atoms. The third kappa shape index (κ3) is 4.54. The Hall–Kier alpha value is -1.11. The largest absolute Gasteiger partial charge is 0.378 e. The maximum Gasteiger partial charge on any atom is 0.250 e. The van der Waals surface area contributed by atoms with E-state index in [1.807, 2.05) is 16.9 Å². The van der Waals surface area contributed by atoms with Crippen LogP contribution in [0.5, 0.6) is 0 Å². The van der Waals surface area contributed by atoms with Gasteiger partial charge in [-0.1, -0.05) is 6.92 Å². The number of carbonyl (C=O) groups is 1.